The van der Waals surface area contributed by atoms with E-state index in [4.69, 9.17) is 0 Å². The molecule has 1 aromatic heterocycles. The van der Waals surface area contributed by atoms with Gasteiger partial charge in [-0.1, -0.05) is 48.5 Å². The minimum absolute atomic E-state index is 0.252. The number of hydrogen-bond donors (Lipinski definition) is 0. The third-order valence-corrected chi connectivity index (χ3v) is 5.45. The van der Waals surface area contributed by atoms with E-state index in [9.17, 15) is 4.79 Å². The fourth-order valence-electron chi connectivity index (χ4n) is 4.01. The largest absolute Gasteiger partial charge is 0.347 e. The summed E-state index contributed by atoms with van der Waals surface area (Å²) in [5.41, 5.74) is 3.79. The summed E-state index contributed by atoms with van der Waals surface area (Å²) in [5.74, 6) is 0.792. The van der Waals surface area contributed by atoms with Crippen LogP contribution in [0.15, 0.2) is 60.7 Å². The molecule has 3 aromatic rings. The number of para-hydroxylation sites is 1. The van der Waals surface area contributed by atoms with E-state index in [0.29, 0.717) is 12.3 Å². The lowest BCUT2D eigenvalue weighted by molar-refractivity contribution is -0.131. The second kappa shape index (κ2) is 6.75. The number of benzene rings is 2. The van der Waals surface area contributed by atoms with E-state index in [1.807, 2.05) is 35.2 Å². The lowest BCUT2D eigenvalue weighted by atomic mass is 9.93. The highest BCUT2D eigenvalue weighted by molar-refractivity contribution is 5.81. The predicted octanol–water partition coefficient (Wildman–Crippen LogP) is 4.13. The van der Waals surface area contributed by atoms with Gasteiger partial charge in [-0.05, 0) is 35.9 Å². The molecule has 0 saturated carbocycles. The molecular formula is C22H24N2O. The summed E-state index contributed by atoms with van der Waals surface area (Å²) in [7, 11) is 2.16. The van der Waals surface area contributed by atoms with Crippen LogP contribution in [0.5, 0.6) is 0 Å². The fourth-order valence-corrected chi connectivity index (χ4v) is 4.01. The Hall–Kier alpha value is -2.55. The molecule has 2 aromatic carbocycles. The van der Waals surface area contributed by atoms with Crippen LogP contribution in [0.3, 0.4) is 0 Å². The Balaban J connectivity index is 1.42. The van der Waals surface area contributed by atoms with E-state index >= 15 is 0 Å². The van der Waals surface area contributed by atoms with E-state index in [-0.39, 0.29) is 5.91 Å². The van der Waals surface area contributed by atoms with Gasteiger partial charge in [0.1, 0.15) is 0 Å². The zero-order valence-electron chi connectivity index (χ0n) is 14.7. The first-order chi connectivity index (χ1) is 12.2. The van der Waals surface area contributed by atoms with Crippen LogP contribution in [0.4, 0.5) is 0 Å². The van der Waals surface area contributed by atoms with Crippen molar-refractivity contribution in [2.75, 3.05) is 13.1 Å². The van der Waals surface area contributed by atoms with Gasteiger partial charge in [0.15, 0.2) is 0 Å². The van der Waals surface area contributed by atoms with Crippen molar-refractivity contribution in [2.24, 2.45) is 7.05 Å². The minimum Gasteiger partial charge on any atom is -0.347 e. The number of carbonyl (C=O) groups is 1. The molecule has 1 saturated heterocycles. The molecule has 1 aliphatic heterocycles. The standard InChI is InChI=1S/C22H24N2O/c1-23-20-10-6-5-9-19(20)16-21(23)18-11-13-24(14-12-18)22(25)15-17-7-3-2-4-8-17/h2-10,16,18H,11-15H2,1H3. The Labute approximate surface area is 148 Å². The van der Waals surface area contributed by atoms with Crippen molar-refractivity contribution in [3.63, 3.8) is 0 Å². The summed E-state index contributed by atoms with van der Waals surface area (Å²) in [5, 5.41) is 1.31. The first kappa shape index (κ1) is 15.9. The molecule has 0 N–H and O–H groups in total. The molecule has 0 unspecified atom stereocenters. The number of likely N-dealkylation sites (tertiary alicyclic amines) is 1. The highest BCUT2D eigenvalue weighted by atomic mass is 16.2. The maximum Gasteiger partial charge on any atom is 0.226 e. The van der Waals surface area contributed by atoms with Crippen molar-refractivity contribution in [3.8, 4) is 0 Å². The van der Waals surface area contributed by atoms with Gasteiger partial charge in [-0.15, -0.1) is 0 Å². The fraction of sp³-hybridized carbons (Fsp3) is 0.318. The van der Waals surface area contributed by atoms with E-state index < -0.39 is 0 Å². The molecule has 3 nitrogen and oxygen atoms in total. The van der Waals surface area contributed by atoms with Gasteiger partial charge in [-0.25, -0.2) is 0 Å². The monoisotopic (exact) mass is 332 g/mol. The molecule has 0 atom stereocenters. The average Bonchev–Trinajstić information content (AvgIpc) is 3.00. The lowest BCUT2D eigenvalue weighted by Gasteiger charge is -2.32. The van der Waals surface area contributed by atoms with Crippen LogP contribution >= 0.6 is 0 Å². The second-order valence-corrected chi connectivity index (χ2v) is 7.00. The smallest absolute Gasteiger partial charge is 0.226 e. The van der Waals surface area contributed by atoms with Crippen LogP contribution in [0.25, 0.3) is 10.9 Å². The number of carbonyl (C=O) groups excluding carboxylic acids is 1. The number of hydrogen-bond acceptors (Lipinski definition) is 1. The van der Waals surface area contributed by atoms with Crippen LogP contribution < -0.4 is 0 Å². The Morgan fingerprint density at radius 3 is 2.40 bits per heavy atom. The Bertz CT molecular complexity index is 873. The average molecular weight is 332 g/mol. The van der Waals surface area contributed by atoms with E-state index in [2.05, 4.69) is 41.9 Å². The molecule has 0 spiro atoms. The summed E-state index contributed by atoms with van der Waals surface area (Å²) in [6.45, 7) is 1.72. The van der Waals surface area contributed by atoms with Crippen molar-refractivity contribution < 1.29 is 4.79 Å². The number of piperidine rings is 1. The van der Waals surface area contributed by atoms with Crippen LogP contribution in [0, 0.1) is 0 Å². The van der Waals surface area contributed by atoms with Crippen LogP contribution in [-0.4, -0.2) is 28.5 Å². The Kier molecular flexibility index (Phi) is 4.31. The first-order valence-electron chi connectivity index (χ1n) is 9.08. The number of fused-ring (bicyclic) bond motifs is 1. The van der Waals surface area contributed by atoms with Gasteiger partial charge in [0.25, 0.3) is 0 Å². The van der Waals surface area contributed by atoms with Gasteiger partial charge < -0.3 is 9.47 Å². The molecule has 3 heteroatoms. The molecule has 128 valence electrons. The number of aromatic nitrogens is 1. The quantitative estimate of drug-likeness (QED) is 0.708. The predicted molar refractivity (Wildman–Crippen MR) is 102 cm³/mol. The van der Waals surface area contributed by atoms with Crippen LogP contribution in [0.2, 0.25) is 0 Å². The summed E-state index contributed by atoms with van der Waals surface area (Å²) < 4.78 is 2.32. The van der Waals surface area contributed by atoms with Crippen molar-refractivity contribution in [2.45, 2.75) is 25.2 Å². The molecular weight excluding hydrogens is 308 g/mol. The molecule has 1 fully saturated rings. The van der Waals surface area contributed by atoms with Crippen molar-refractivity contribution in [1.29, 1.82) is 0 Å². The number of rotatable bonds is 3. The maximum absolute atomic E-state index is 12.5. The lowest BCUT2D eigenvalue weighted by Crippen LogP contribution is -2.39. The molecule has 25 heavy (non-hydrogen) atoms. The molecule has 1 aliphatic rings. The van der Waals surface area contributed by atoms with Gasteiger partial charge in [0.05, 0.1) is 6.42 Å². The molecule has 2 heterocycles. The molecule has 0 aliphatic carbocycles. The first-order valence-corrected chi connectivity index (χ1v) is 9.08. The third kappa shape index (κ3) is 3.19. The second-order valence-electron chi connectivity index (χ2n) is 7.00. The Morgan fingerprint density at radius 1 is 1.00 bits per heavy atom. The molecule has 4 rings (SSSR count). The summed E-state index contributed by atoms with van der Waals surface area (Å²) in [6, 6.07) is 20.9. The van der Waals surface area contributed by atoms with Crippen molar-refractivity contribution >= 4 is 16.8 Å². The van der Waals surface area contributed by atoms with E-state index in [0.717, 1.165) is 31.5 Å². The zero-order chi connectivity index (χ0) is 17.2. The highest BCUT2D eigenvalue weighted by Gasteiger charge is 2.25. The van der Waals surface area contributed by atoms with Gasteiger partial charge in [-0.2, -0.15) is 0 Å². The van der Waals surface area contributed by atoms with Gasteiger partial charge in [-0.3, -0.25) is 4.79 Å². The third-order valence-electron chi connectivity index (χ3n) is 5.45. The SMILES string of the molecule is Cn1c(C2CCN(C(=O)Cc3ccccc3)CC2)cc2ccccc21. The van der Waals surface area contributed by atoms with Gasteiger partial charge in [0.2, 0.25) is 5.91 Å². The molecule has 0 bridgehead atoms. The van der Waals surface area contributed by atoms with E-state index in [1.165, 1.54) is 16.6 Å². The minimum atomic E-state index is 0.252. The van der Waals surface area contributed by atoms with Gasteiger partial charge in [0, 0.05) is 37.3 Å². The van der Waals surface area contributed by atoms with Crippen molar-refractivity contribution in [1.82, 2.24) is 9.47 Å². The van der Waals surface area contributed by atoms with Crippen molar-refractivity contribution in [3.05, 3.63) is 71.9 Å². The van der Waals surface area contributed by atoms with Gasteiger partial charge >= 0.3 is 0 Å². The molecule has 0 radical (unpaired) electrons. The molecule has 1 amide bonds. The maximum atomic E-state index is 12.5. The van der Waals surface area contributed by atoms with E-state index in [1.54, 1.807) is 0 Å². The summed E-state index contributed by atoms with van der Waals surface area (Å²) >= 11 is 0. The topological polar surface area (TPSA) is 25.2 Å². The zero-order valence-corrected chi connectivity index (χ0v) is 14.7. The number of aryl methyl sites for hydroxylation is 1. The van der Waals surface area contributed by atoms with Crippen LogP contribution in [0.1, 0.15) is 30.0 Å². The van der Waals surface area contributed by atoms with Crippen LogP contribution in [-0.2, 0) is 18.3 Å². The number of nitrogens with zero attached hydrogens (tertiary/aromatic N) is 2. The Morgan fingerprint density at radius 2 is 1.68 bits per heavy atom. The normalized spacial score (nSPS) is 15.6. The highest BCUT2D eigenvalue weighted by Crippen LogP contribution is 2.32. The summed E-state index contributed by atoms with van der Waals surface area (Å²) in [4.78, 5) is 14.6. The number of amides is 1. The summed E-state index contributed by atoms with van der Waals surface area (Å²) in [6.07, 6.45) is 2.61.